The Morgan fingerprint density at radius 3 is 2.82 bits per heavy atom. The second-order valence-corrected chi connectivity index (χ2v) is 3.82. The van der Waals surface area contributed by atoms with Crippen molar-refractivity contribution in [3.05, 3.63) is 29.8 Å². The van der Waals surface area contributed by atoms with Crippen LogP contribution in [0.15, 0.2) is 24.3 Å². The fourth-order valence-electron chi connectivity index (χ4n) is 1.46. The number of benzene rings is 1. The number of rotatable bonds is 6. The molecular formula is C14H17NO2. The van der Waals surface area contributed by atoms with Gasteiger partial charge in [0.2, 0.25) is 5.91 Å². The van der Waals surface area contributed by atoms with Crippen molar-refractivity contribution in [3.63, 3.8) is 0 Å². The van der Waals surface area contributed by atoms with Crippen LogP contribution in [0, 0.1) is 12.3 Å². The molecule has 1 aromatic carbocycles. The molecule has 2 N–H and O–H groups in total. The third-order valence-corrected chi connectivity index (χ3v) is 2.44. The minimum Gasteiger partial charge on any atom is -0.508 e. The largest absolute Gasteiger partial charge is 0.508 e. The molecule has 1 amide bonds. The summed E-state index contributed by atoms with van der Waals surface area (Å²) in [5.74, 6) is 2.74. The number of carbonyl (C=O) groups is 1. The summed E-state index contributed by atoms with van der Waals surface area (Å²) in [6.45, 7) is 0.362. The zero-order valence-electron chi connectivity index (χ0n) is 9.78. The van der Waals surface area contributed by atoms with E-state index in [1.165, 1.54) is 0 Å². The summed E-state index contributed by atoms with van der Waals surface area (Å²) >= 11 is 0. The van der Waals surface area contributed by atoms with Gasteiger partial charge in [-0.2, -0.15) is 0 Å². The smallest absolute Gasteiger partial charge is 0.220 e. The summed E-state index contributed by atoms with van der Waals surface area (Å²) in [5, 5.41) is 12.3. The maximum Gasteiger partial charge on any atom is 0.220 e. The summed E-state index contributed by atoms with van der Waals surface area (Å²) < 4.78 is 0. The Hall–Kier alpha value is -1.95. The van der Waals surface area contributed by atoms with Crippen LogP contribution in [0.2, 0.25) is 0 Å². The molecule has 0 heterocycles. The summed E-state index contributed by atoms with van der Waals surface area (Å²) in [5.41, 5.74) is 0.726. The van der Waals surface area contributed by atoms with Gasteiger partial charge in [-0.05, 0) is 18.9 Å². The van der Waals surface area contributed by atoms with Gasteiger partial charge in [-0.3, -0.25) is 4.79 Å². The van der Waals surface area contributed by atoms with Crippen molar-refractivity contribution in [3.8, 4) is 18.1 Å². The molecular weight excluding hydrogens is 214 g/mol. The Bertz CT molecular complexity index is 407. The number of hydrogen-bond acceptors (Lipinski definition) is 2. The Kier molecular flexibility index (Phi) is 5.67. The molecule has 90 valence electrons. The molecule has 0 radical (unpaired) electrons. The van der Waals surface area contributed by atoms with Crippen LogP contribution in [0.4, 0.5) is 0 Å². The summed E-state index contributed by atoms with van der Waals surface area (Å²) in [6.07, 6.45) is 7.99. The zero-order chi connectivity index (χ0) is 12.5. The molecule has 0 bridgehead atoms. The fraction of sp³-hybridized carbons (Fsp3) is 0.357. The van der Waals surface area contributed by atoms with E-state index in [1.807, 2.05) is 6.07 Å². The predicted molar refractivity (Wildman–Crippen MR) is 67.3 cm³/mol. The predicted octanol–water partition coefficient (Wildman–Crippen LogP) is 2.20. The third-order valence-electron chi connectivity index (χ3n) is 2.44. The Balaban J connectivity index is 2.25. The zero-order valence-corrected chi connectivity index (χ0v) is 9.78. The van der Waals surface area contributed by atoms with E-state index in [4.69, 9.17) is 6.42 Å². The number of nitrogens with one attached hydrogen (secondary N) is 1. The Labute approximate surface area is 102 Å². The van der Waals surface area contributed by atoms with E-state index in [0.29, 0.717) is 19.4 Å². The first-order valence-electron chi connectivity index (χ1n) is 5.71. The van der Waals surface area contributed by atoms with Crippen molar-refractivity contribution in [2.75, 3.05) is 0 Å². The lowest BCUT2D eigenvalue weighted by Crippen LogP contribution is -2.22. The first-order valence-corrected chi connectivity index (χ1v) is 5.71. The van der Waals surface area contributed by atoms with Crippen LogP contribution in [0.3, 0.4) is 0 Å². The first kappa shape index (κ1) is 13.1. The number of amides is 1. The van der Waals surface area contributed by atoms with Gasteiger partial charge >= 0.3 is 0 Å². The lowest BCUT2D eigenvalue weighted by Gasteiger charge is -2.06. The number of para-hydroxylation sites is 1. The molecule has 3 nitrogen and oxygen atoms in total. The van der Waals surface area contributed by atoms with E-state index in [2.05, 4.69) is 11.2 Å². The molecule has 0 atom stereocenters. The Morgan fingerprint density at radius 1 is 1.35 bits per heavy atom. The molecule has 17 heavy (non-hydrogen) atoms. The summed E-state index contributed by atoms with van der Waals surface area (Å²) in [7, 11) is 0. The van der Waals surface area contributed by atoms with E-state index in [0.717, 1.165) is 18.4 Å². The number of aromatic hydroxyl groups is 1. The SMILES string of the molecule is C#CCCCCC(=O)NCc1ccccc1O. The van der Waals surface area contributed by atoms with Crippen molar-refractivity contribution >= 4 is 5.91 Å². The van der Waals surface area contributed by atoms with E-state index < -0.39 is 0 Å². The topological polar surface area (TPSA) is 49.3 Å². The van der Waals surface area contributed by atoms with Crippen LogP contribution in [-0.4, -0.2) is 11.0 Å². The number of unbranched alkanes of at least 4 members (excludes halogenated alkanes) is 2. The number of phenols is 1. The second-order valence-electron chi connectivity index (χ2n) is 3.82. The highest BCUT2D eigenvalue weighted by molar-refractivity contribution is 5.75. The van der Waals surface area contributed by atoms with Crippen molar-refractivity contribution in [2.24, 2.45) is 0 Å². The molecule has 1 aromatic rings. The monoisotopic (exact) mass is 231 g/mol. The van der Waals surface area contributed by atoms with Crippen molar-refractivity contribution in [2.45, 2.75) is 32.2 Å². The highest BCUT2D eigenvalue weighted by Crippen LogP contribution is 2.14. The van der Waals surface area contributed by atoms with Crippen LogP contribution in [0.25, 0.3) is 0 Å². The van der Waals surface area contributed by atoms with E-state index >= 15 is 0 Å². The molecule has 0 unspecified atom stereocenters. The maximum atomic E-state index is 11.4. The number of terminal acetylenes is 1. The average molecular weight is 231 g/mol. The summed E-state index contributed by atoms with van der Waals surface area (Å²) in [4.78, 5) is 11.4. The van der Waals surface area contributed by atoms with Crippen LogP contribution in [0.1, 0.15) is 31.2 Å². The van der Waals surface area contributed by atoms with Gasteiger partial charge in [-0.25, -0.2) is 0 Å². The molecule has 0 aliphatic carbocycles. The van der Waals surface area contributed by atoms with Crippen LogP contribution < -0.4 is 5.32 Å². The van der Waals surface area contributed by atoms with Crippen LogP contribution >= 0.6 is 0 Å². The number of phenolic OH excluding ortho intramolecular Hbond substituents is 1. The molecule has 0 saturated heterocycles. The molecule has 0 aliphatic heterocycles. The van der Waals surface area contributed by atoms with Gasteiger partial charge in [0, 0.05) is 24.9 Å². The van der Waals surface area contributed by atoms with Crippen molar-refractivity contribution in [1.29, 1.82) is 0 Å². The molecule has 0 fully saturated rings. The highest BCUT2D eigenvalue weighted by atomic mass is 16.3. The first-order chi connectivity index (χ1) is 8.24. The van der Waals surface area contributed by atoms with Gasteiger partial charge in [0.05, 0.1) is 0 Å². The quantitative estimate of drug-likeness (QED) is 0.582. The summed E-state index contributed by atoms with van der Waals surface area (Å²) in [6, 6.07) is 6.97. The van der Waals surface area contributed by atoms with Crippen LogP contribution in [-0.2, 0) is 11.3 Å². The number of carbonyl (C=O) groups excluding carboxylic acids is 1. The normalized spacial score (nSPS) is 9.59. The molecule has 0 saturated carbocycles. The Morgan fingerprint density at radius 2 is 2.12 bits per heavy atom. The van der Waals surface area contributed by atoms with Gasteiger partial charge in [-0.15, -0.1) is 12.3 Å². The minimum atomic E-state index is -0.00901. The van der Waals surface area contributed by atoms with Gasteiger partial charge in [0.25, 0.3) is 0 Å². The number of hydrogen-bond donors (Lipinski definition) is 2. The molecule has 0 spiro atoms. The fourth-order valence-corrected chi connectivity index (χ4v) is 1.46. The van der Waals surface area contributed by atoms with Gasteiger partial charge < -0.3 is 10.4 Å². The van der Waals surface area contributed by atoms with Crippen molar-refractivity contribution in [1.82, 2.24) is 5.32 Å². The molecule has 0 aliphatic rings. The van der Waals surface area contributed by atoms with E-state index in [9.17, 15) is 9.90 Å². The molecule has 1 rings (SSSR count). The van der Waals surface area contributed by atoms with E-state index in [1.54, 1.807) is 18.2 Å². The highest BCUT2D eigenvalue weighted by Gasteiger charge is 2.03. The average Bonchev–Trinajstić information content (AvgIpc) is 2.34. The second kappa shape index (κ2) is 7.34. The molecule has 3 heteroatoms. The minimum absolute atomic E-state index is 0.00901. The van der Waals surface area contributed by atoms with Gasteiger partial charge in [0.1, 0.15) is 5.75 Å². The van der Waals surface area contributed by atoms with Gasteiger partial charge in [0.15, 0.2) is 0 Å². The van der Waals surface area contributed by atoms with Crippen LogP contribution in [0.5, 0.6) is 5.75 Å². The lowest BCUT2D eigenvalue weighted by molar-refractivity contribution is -0.121. The van der Waals surface area contributed by atoms with Crippen molar-refractivity contribution < 1.29 is 9.90 Å². The lowest BCUT2D eigenvalue weighted by atomic mass is 10.1. The maximum absolute atomic E-state index is 11.4. The third kappa shape index (κ3) is 5.07. The van der Waals surface area contributed by atoms with E-state index in [-0.39, 0.29) is 11.7 Å². The molecule has 0 aromatic heterocycles. The van der Waals surface area contributed by atoms with Gasteiger partial charge in [-0.1, -0.05) is 18.2 Å². The standard InChI is InChI=1S/C14H17NO2/c1-2-3-4-5-10-14(17)15-11-12-8-6-7-9-13(12)16/h1,6-9,16H,3-5,10-11H2,(H,15,17).